The number of carbonyl (C=O) groups excluding carboxylic acids is 2. The van der Waals surface area contributed by atoms with Gasteiger partial charge in [-0.25, -0.2) is 9.99 Å². The number of hydrogen-bond acceptors (Lipinski definition) is 6. The van der Waals surface area contributed by atoms with Crippen molar-refractivity contribution in [1.82, 2.24) is 35.4 Å². The molecule has 2 amide bonds. The van der Waals surface area contributed by atoms with Gasteiger partial charge in [-0.05, 0) is 43.0 Å². The zero-order valence-corrected chi connectivity index (χ0v) is 18.0. The molecule has 0 bridgehead atoms. The van der Waals surface area contributed by atoms with Crippen LogP contribution < -0.4 is 5.32 Å². The Balaban J connectivity index is 1.31. The second-order valence-corrected chi connectivity index (χ2v) is 8.63. The Morgan fingerprint density at radius 3 is 2.94 bits per heavy atom. The number of benzene rings is 1. The van der Waals surface area contributed by atoms with Crippen molar-refractivity contribution in [3.05, 3.63) is 58.4 Å². The second-order valence-electron chi connectivity index (χ2n) is 8.19. The highest BCUT2D eigenvalue weighted by atomic mass is 35.5. The van der Waals surface area contributed by atoms with Crippen LogP contribution in [-0.4, -0.2) is 68.1 Å². The fourth-order valence-corrected chi connectivity index (χ4v) is 4.30. The van der Waals surface area contributed by atoms with E-state index in [4.69, 9.17) is 11.6 Å². The Kier molecular flexibility index (Phi) is 5.15. The number of fused-ring (bicyclic) bond motifs is 1. The number of rotatable bonds is 5. The highest BCUT2D eigenvalue weighted by molar-refractivity contribution is 6.30. The van der Waals surface area contributed by atoms with Gasteiger partial charge >= 0.3 is 0 Å². The Morgan fingerprint density at radius 1 is 1.32 bits per heavy atom. The number of likely N-dealkylation sites (N-methyl/N-ethyl adjacent to an activating group) is 1. The molecule has 2 aliphatic heterocycles. The van der Waals surface area contributed by atoms with Crippen molar-refractivity contribution < 1.29 is 9.59 Å². The maximum absolute atomic E-state index is 13.2. The first kappa shape index (κ1) is 20.0. The minimum absolute atomic E-state index is 0.0661. The molecule has 31 heavy (non-hydrogen) atoms. The Labute approximate surface area is 185 Å². The second kappa shape index (κ2) is 7.97. The van der Waals surface area contributed by atoms with Crippen LogP contribution in [0.5, 0.6) is 0 Å². The Morgan fingerprint density at radius 2 is 2.16 bits per heavy atom. The number of H-pyrrole nitrogens is 1. The van der Waals surface area contributed by atoms with Crippen LogP contribution in [0.15, 0.2) is 36.2 Å². The topological polar surface area (TPSA) is 97.5 Å². The summed E-state index contributed by atoms with van der Waals surface area (Å²) >= 11 is 6.14. The molecule has 1 atom stereocenters. The summed E-state index contributed by atoms with van der Waals surface area (Å²) in [6.07, 6.45) is 4.60. The number of carbonyl (C=O) groups is 2. The van der Waals surface area contributed by atoms with Crippen LogP contribution in [0, 0.1) is 0 Å². The predicted octanol–water partition coefficient (Wildman–Crippen LogP) is 1.87. The van der Waals surface area contributed by atoms with Gasteiger partial charge in [-0.1, -0.05) is 23.7 Å². The van der Waals surface area contributed by atoms with E-state index in [-0.39, 0.29) is 23.7 Å². The van der Waals surface area contributed by atoms with Crippen LogP contribution in [0.1, 0.15) is 47.2 Å². The molecular formula is C21H24ClN7O2. The summed E-state index contributed by atoms with van der Waals surface area (Å²) in [7, 11) is 1.78. The maximum Gasteiger partial charge on any atom is 0.291 e. The summed E-state index contributed by atoms with van der Waals surface area (Å²) in [5, 5.41) is 14.8. The molecule has 1 aromatic carbocycles. The quantitative estimate of drug-likeness (QED) is 0.735. The third-order valence-corrected chi connectivity index (χ3v) is 6.13. The standard InChI is InChI=1S/C21H24ClN7O2/c1-27-17-8-9-28(12-13-3-2-4-14(22)11-13)29(17)10-7-16(21(27)31)18-24-19(26-25-18)20(30)23-15-5-6-15/h2-4,8,11,15-16H,5-7,9-10,12H2,1H3,(H,23,30)(H,24,25,26)/t16-/m0/s1. The molecule has 3 heterocycles. The van der Waals surface area contributed by atoms with E-state index in [1.54, 1.807) is 11.9 Å². The summed E-state index contributed by atoms with van der Waals surface area (Å²) in [4.78, 5) is 31.4. The zero-order chi connectivity index (χ0) is 21.5. The average molecular weight is 442 g/mol. The van der Waals surface area contributed by atoms with E-state index in [9.17, 15) is 9.59 Å². The summed E-state index contributed by atoms with van der Waals surface area (Å²) in [5.74, 6) is 0.532. The van der Waals surface area contributed by atoms with Gasteiger partial charge in [0, 0.05) is 37.7 Å². The highest BCUT2D eigenvalue weighted by Crippen LogP contribution is 2.31. The molecule has 3 aliphatic rings. The number of nitrogens with one attached hydrogen (secondary N) is 2. The third kappa shape index (κ3) is 4.03. The summed E-state index contributed by atoms with van der Waals surface area (Å²) in [5.41, 5.74) is 1.11. The molecule has 10 heteroatoms. The number of halogens is 1. The summed E-state index contributed by atoms with van der Waals surface area (Å²) in [6.45, 7) is 2.07. The minimum atomic E-state index is -0.487. The predicted molar refractivity (Wildman–Crippen MR) is 114 cm³/mol. The maximum atomic E-state index is 13.2. The number of aromatic nitrogens is 3. The van der Waals surface area contributed by atoms with Crippen molar-refractivity contribution in [2.24, 2.45) is 0 Å². The number of amides is 2. The fourth-order valence-electron chi connectivity index (χ4n) is 4.08. The minimum Gasteiger partial charge on any atom is -0.347 e. The third-order valence-electron chi connectivity index (χ3n) is 5.89. The van der Waals surface area contributed by atoms with Gasteiger partial charge in [0.05, 0.1) is 5.92 Å². The molecular weight excluding hydrogens is 418 g/mol. The van der Waals surface area contributed by atoms with E-state index in [1.165, 1.54) is 0 Å². The van der Waals surface area contributed by atoms with Crippen LogP contribution in [0.2, 0.25) is 5.02 Å². The molecule has 1 aromatic heterocycles. The largest absolute Gasteiger partial charge is 0.347 e. The van der Waals surface area contributed by atoms with E-state index in [0.29, 0.717) is 30.4 Å². The number of hydrogen-bond donors (Lipinski definition) is 2. The SMILES string of the molecule is CN1C(=O)[C@H](c2nc(C(=O)NC3CC3)n[nH]2)CCN2C1=CCN2Cc1cccc(Cl)c1. The first-order valence-corrected chi connectivity index (χ1v) is 10.8. The fraction of sp³-hybridized carbons (Fsp3) is 0.429. The molecule has 1 saturated heterocycles. The average Bonchev–Trinajstić information content (AvgIpc) is 3.30. The van der Waals surface area contributed by atoms with E-state index in [0.717, 1.165) is 30.8 Å². The van der Waals surface area contributed by atoms with Crippen molar-refractivity contribution >= 4 is 23.4 Å². The van der Waals surface area contributed by atoms with Gasteiger partial charge in [-0.15, -0.1) is 5.10 Å². The van der Waals surface area contributed by atoms with E-state index in [1.807, 2.05) is 24.3 Å². The monoisotopic (exact) mass is 441 g/mol. The van der Waals surface area contributed by atoms with Gasteiger partial charge < -0.3 is 10.2 Å². The Bertz CT molecular complexity index is 1050. The van der Waals surface area contributed by atoms with Crippen molar-refractivity contribution in [2.45, 2.75) is 37.8 Å². The van der Waals surface area contributed by atoms with Gasteiger partial charge in [0.15, 0.2) is 0 Å². The van der Waals surface area contributed by atoms with Crippen LogP contribution in [0.3, 0.4) is 0 Å². The molecule has 2 aromatic rings. The van der Waals surface area contributed by atoms with Crippen molar-refractivity contribution in [2.75, 3.05) is 20.1 Å². The molecule has 2 N–H and O–H groups in total. The number of aromatic amines is 1. The molecule has 5 rings (SSSR count). The van der Waals surface area contributed by atoms with Gasteiger partial charge in [0.1, 0.15) is 11.6 Å². The molecule has 0 unspecified atom stereocenters. The lowest BCUT2D eigenvalue weighted by Gasteiger charge is -2.33. The molecule has 162 valence electrons. The molecule has 2 fully saturated rings. The first-order chi connectivity index (χ1) is 15.0. The van der Waals surface area contributed by atoms with Gasteiger partial charge in [-0.2, -0.15) is 0 Å². The van der Waals surface area contributed by atoms with Crippen LogP contribution >= 0.6 is 11.6 Å². The lowest BCUT2D eigenvalue weighted by Crippen LogP contribution is -2.40. The molecule has 9 nitrogen and oxygen atoms in total. The molecule has 1 aliphatic carbocycles. The van der Waals surface area contributed by atoms with Crippen molar-refractivity contribution in [3.8, 4) is 0 Å². The summed E-state index contributed by atoms with van der Waals surface area (Å²) < 4.78 is 0. The van der Waals surface area contributed by atoms with E-state index < -0.39 is 5.92 Å². The van der Waals surface area contributed by atoms with E-state index >= 15 is 0 Å². The van der Waals surface area contributed by atoms with E-state index in [2.05, 4.69) is 36.6 Å². The Hall–Kier alpha value is -2.91. The van der Waals surface area contributed by atoms with Crippen molar-refractivity contribution in [1.29, 1.82) is 0 Å². The normalized spacial score (nSPS) is 21.7. The zero-order valence-electron chi connectivity index (χ0n) is 17.2. The molecule has 0 spiro atoms. The van der Waals surface area contributed by atoms with Gasteiger partial charge in [-0.3, -0.25) is 19.7 Å². The lowest BCUT2D eigenvalue weighted by atomic mass is 10.0. The number of nitrogens with zero attached hydrogens (tertiary/aromatic N) is 5. The van der Waals surface area contributed by atoms with Crippen molar-refractivity contribution in [3.63, 3.8) is 0 Å². The number of hydrazine groups is 1. The van der Waals surface area contributed by atoms with Gasteiger partial charge in [0.2, 0.25) is 11.7 Å². The molecule has 0 radical (unpaired) electrons. The van der Waals surface area contributed by atoms with Crippen LogP contribution in [0.25, 0.3) is 0 Å². The van der Waals surface area contributed by atoms with Crippen LogP contribution in [0.4, 0.5) is 0 Å². The summed E-state index contributed by atoms with van der Waals surface area (Å²) in [6, 6.07) is 8.03. The van der Waals surface area contributed by atoms with Crippen LogP contribution in [-0.2, 0) is 11.3 Å². The first-order valence-electron chi connectivity index (χ1n) is 10.5. The smallest absolute Gasteiger partial charge is 0.291 e. The molecule has 1 saturated carbocycles. The lowest BCUT2D eigenvalue weighted by molar-refractivity contribution is -0.130. The highest BCUT2D eigenvalue weighted by Gasteiger charge is 2.38. The van der Waals surface area contributed by atoms with Gasteiger partial charge in [0.25, 0.3) is 5.91 Å².